The van der Waals surface area contributed by atoms with Crippen molar-refractivity contribution in [3.63, 3.8) is 0 Å². The lowest BCUT2D eigenvalue weighted by Crippen LogP contribution is -2.02. The van der Waals surface area contributed by atoms with Gasteiger partial charge in [-0.1, -0.05) is 0 Å². The number of aliphatic hydroxyl groups excluding tert-OH is 1. The van der Waals surface area contributed by atoms with Crippen LogP contribution in [0.2, 0.25) is 0 Å². The van der Waals surface area contributed by atoms with Crippen LogP contribution in [0.4, 0.5) is 8.78 Å². The van der Waals surface area contributed by atoms with Crippen LogP contribution in [0.15, 0.2) is 12.1 Å². The van der Waals surface area contributed by atoms with Crippen molar-refractivity contribution in [3.05, 3.63) is 57.7 Å². The summed E-state index contributed by atoms with van der Waals surface area (Å²) in [7, 11) is 1.54. The molecular formula is C18H24F2N2O3. The molecule has 0 aliphatic carbocycles. The van der Waals surface area contributed by atoms with Gasteiger partial charge in [0.05, 0.1) is 24.6 Å². The number of hydrogen-bond acceptors (Lipinski definition) is 5. The average molecular weight is 354 g/mol. The highest BCUT2D eigenvalue weighted by Gasteiger charge is 2.05. The maximum atomic E-state index is 13.1. The molecule has 7 heteroatoms. The highest BCUT2D eigenvalue weighted by Crippen LogP contribution is 2.12. The number of rotatable bonds is 5. The van der Waals surface area contributed by atoms with E-state index in [4.69, 9.17) is 14.6 Å². The Labute approximate surface area is 146 Å². The molecule has 2 aromatic heterocycles. The maximum Gasteiger partial charge on any atom is 0.146 e. The van der Waals surface area contributed by atoms with E-state index in [1.54, 1.807) is 27.9 Å². The van der Waals surface area contributed by atoms with Crippen molar-refractivity contribution in [2.24, 2.45) is 0 Å². The van der Waals surface area contributed by atoms with Gasteiger partial charge >= 0.3 is 0 Å². The molecule has 25 heavy (non-hydrogen) atoms. The van der Waals surface area contributed by atoms with Crippen LogP contribution in [0.1, 0.15) is 33.9 Å². The first-order chi connectivity index (χ1) is 11.8. The number of nitrogens with zero attached hydrogens (tertiary/aromatic N) is 2. The van der Waals surface area contributed by atoms with Crippen molar-refractivity contribution in [1.29, 1.82) is 0 Å². The minimum Gasteiger partial charge on any atom is -0.392 e. The van der Waals surface area contributed by atoms with Gasteiger partial charge in [-0.2, -0.15) is 0 Å². The summed E-state index contributed by atoms with van der Waals surface area (Å²) >= 11 is 0. The summed E-state index contributed by atoms with van der Waals surface area (Å²) in [6.45, 7) is 7.19. The molecule has 5 nitrogen and oxygen atoms in total. The van der Waals surface area contributed by atoms with Gasteiger partial charge in [-0.15, -0.1) is 0 Å². The molecule has 0 spiro atoms. The minimum atomic E-state index is -0.361. The molecule has 0 aliphatic heterocycles. The summed E-state index contributed by atoms with van der Waals surface area (Å²) in [4.78, 5) is 7.96. The number of aromatic nitrogens is 2. The topological polar surface area (TPSA) is 64.5 Å². The standard InChI is InChI=1S/C10H14FNO2.C8H10FNO/c1-7-9(5-14-6-13-3)4-10(11)8(2)12-7;1-5-7(4-11)3-8(9)6(2)10-5/h4H,5-6H2,1-3H3;3,11H,4H2,1-2H3. The summed E-state index contributed by atoms with van der Waals surface area (Å²) in [6, 6.07) is 2.77. The van der Waals surface area contributed by atoms with E-state index in [1.807, 2.05) is 6.92 Å². The Balaban J connectivity index is 0.000000257. The Morgan fingerprint density at radius 3 is 1.84 bits per heavy atom. The van der Waals surface area contributed by atoms with Crippen LogP contribution in [-0.2, 0) is 22.7 Å². The third-order valence-corrected chi connectivity index (χ3v) is 3.52. The van der Waals surface area contributed by atoms with E-state index in [-0.39, 0.29) is 25.0 Å². The van der Waals surface area contributed by atoms with Crippen LogP contribution in [-0.4, -0.2) is 29.0 Å². The lowest BCUT2D eigenvalue weighted by atomic mass is 10.2. The van der Waals surface area contributed by atoms with Crippen LogP contribution in [0.3, 0.4) is 0 Å². The second kappa shape index (κ2) is 10.1. The third kappa shape index (κ3) is 6.45. The highest BCUT2D eigenvalue weighted by molar-refractivity contribution is 5.22. The summed E-state index contributed by atoms with van der Waals surface area (Å²) in [5, 5.41) is 8.73. The number of hydrogen-bond donors (Lipinski definition) is 1. The Morgan fingerprint density at radius 2 is 1.36 bits per heavy atom. The van der Waals surface area contributed by atoms with Gasteiger partial charge in [0, 0.05) is 29.6 Å². The van der Waals surface area contributed by atoms with Gasteiger partial charge in [-0.3, -0.25) is 9.97 Å². The lowest BCUT2D eigenvalue weighted by molar-refractivity contribution is -0.0393. The zero-order valence-corrected chi connectivity index (χ0v) is 15.2. The minimum absolute atomic E-state index is 0.157. The monoisotopic (exact) mass is 354 g/mol. The molecule has 0 bridgehead atoms. The molecule has 0 aromatic carbocycles. The van der Waals surface area contributed by atoms with Crippen LogP contribution >= 0.6 is 0 Å². The fourth-order valence-corrected chi connectivity index (χ4v) is 2.02. The molecule has 0 aliphatic rings. The summed E-state index contributed by atoms with van der Waals surface area (Å²) in [5.74, 6) is -0.661. The lowest BCUT2D eigenvalue weighted by Gasteiger charge is -2.07. The molecule has 2 aromatic rings. The second-order valence-corrected chi connectivity index (χ2v) is 5.51. The van der Waals surface area contributed by atoms with Crippen LogP contribution in [0.25, 0.3) is 0 Å². The molecule has 0 amide bonds. The largest absolute Gasteiger partial charge is 0.392 e. The van der Waals surface area contributed by atoms with Gasteiger partial charge in [0.1, 0.15) is 18.4 Å². The average Bonchev–Trinajstić information content (AvgIpc) is 2.56. The van der Waals surface area contributed by atoms with E-state index in [0.717, 1.165) is 11.3 Å². The summed E-state index contributed by atoms with van der Waals surface area (Å²) in [5.41, 5.74) is 3.57. The Bertz CT molecular complexity index is 709. The van der Waals surface area contributed by atoms with Gasteiger partial charge < -0.3 is 14.6 Å². The van der Waals surface area contributed by atoms with E-state index in [9.17, 15) is 8.78 Å². The molecule has 0 atom stereocenters. The molecule has 2 rings (SSSR count). The molecule has 0 fully saturated rings. The quantitative estimate of drug-likeness (QED) is 0.659. The zero-order chi connectivity index (χ0) is 19.0. The van der Waals surface area contributed by atoms with Gasteiger partial charge in [0.2, 0.25) is 0 Å². The van der Waals surface area contributed by atoms with Crippen molar-refractivity contribution in [3.8, 4) is 0 Å². The van der Waals surface area contributed by atoms with Crippen molar-refractivity contribution in [2.45, 2.75) is 40.9 Å². The summed E-state index contributed by atoms with van der Waals surface area (Å²) < 4.78 is 35.7. The highest BCUT2D eigenvalue weighted by atomic mass is 19.1. The van der Waals surface area contributed by atoms with Crippen molar-refractivity contribution < 1.29 is 23.4 Å². The fraction of sp³-hybridized carbons (Fsp3) is 0.444. The molecule has 0 radical (unpaired) electrons. The third-order valence-electron chi connectivity index (χ3n) is 3.52. The van der Waals surface area contributed by atoms with Crippen LogP contribution in [0, 0.1) is 39.3 Å². The van der Waals surface area contributed by atoms with E-state index >= 15 is 0 Å². The predicted molar refractivity (Wildman–Crippen MR) is 89.9 cm³/mol. The van der Waals surface area contributed by atoms with Gasteiger partial charge in [-0.05, 0) is 39.8 Å². The molecule has 2 heterocycles. The number of aliphatic hydroxyl groups is 1. The van der Waals surface area contributed by atoms with E-state index in [2.05, 4.69) is 9.97 Å². The van der Waals surface area contributed by atoms with E-state index in [1.165, 1.54) is 12.1 Å². The van der Waals surface area contributed by atoms with Crippen molar-refractivity contribution >= 4 is 0 Å². The number of pyridine rings is 2. The van der Waals surface area contributed by atoms with Gasteiger partial charge in [0.25, 0.3) is 0 Å². The molecule has 138 valence electrons. The van der Waals surface area contributed by atoms with Crippen LogP contribution < -0.4 is 0 Å². The Morgan fingerprint density at radius 1 is 0.880 bits per heavy atom. The van der Waals surface area contributed by atoms with E-state index < -0.39 is 0 Å². The van der Waals surface area contributed by atoms with Crippen molar-refractivity contribution in [2.75, 3.05) is 13.9 Å². The number of ether oxygens (including phenoxy) is 2. The smallest absolute Gasteiger partial charge is 0.146 e. The molecule has 0 unspecified atom stereocenters. The Hall–Kier alpha value is -1.96. The fourth-order valence-electron chi connectivity index (χ4n) is 2.02. The molecular weight excluding hydrogens is 330 g/mol. The predicted octanol–water partition coefficient (Wildman–Crippen LogP) is 3.29. The number of aryl methyl sites for hydroxylation is 4. The number of halogens is 2. The van der Waals surface area contributed by atoms with Crippen LogP contribution in [0.5, 0.6) is 0 Å². The second-order valence-electron chi connectivity index (χ2n) is 5.51. The van der Waals surface area contributed by atoms with Gasteiger partial charge in [0.15, 0.2) is 0 Å². The first-order valence-corrected chi connectivity index (χ1v) is 7.72. The molecule has 1 N–H and O–H groups in total. The SMILES string of the molecule is COCOCc1cc(F)c(C)nc1C.Cc1nc(C)c(CO)cc1F. The van der Waals surface area contributed by atoms with Gasteiger partial charge in [-0.25, -0.2) is 8.78 Å². The number of methoxy groups -OCH3 is 1. The molecule has 0 saturated carbocycles. The first-order valence-electron chi connectivity index (χ1n) is 7.72. The van der Waals surface area contributed by atoms with E-state index in [0.29, 0.717) is 29.3 Å². The van der Waals surface area contributed by atoms with Crippen molar-refractivity contribution in [1.82, 2.24) is 9.97 Å². The zero-order valence-electron chi connectivity index (χ0n) is 15.2. The molecule has 0 saturated heterocycles. The summed E-state index contributed by atoms with van der Waals surface area (Å²) in [6.07, 6.45) is 0. The normalized spacial score (nSPS) is 10.4. The Kier molecular flexibility index (Phi) is 8.54. The first kappa shape index (κ1) is 21.1. The maximum absolute atomic E-state index is 13.1.